The second-order valence-corrected chi connectivity index (χ2v) is 7.84. The van der Waals surface area contributed by atoms with E-state index in [2.05, 4.69) is 48.3 Å². The molecule has 1 fully saturated rings. The number of aryl methyl sites for hydroxylation is 1. The second-order valence-electron chi connectivity index (χ2n) is 7.84. The monoisotopic (exact) mass is 380 g/mol. The summed E-state index contributed by atoms with van der Waals surface area (Å²) < 4.78 is 5.59. The van der Waals surface area contributed by atoms with Gasteiger partial charge in [0.05, 0.1) is 6.04 Å². The number of nitrogens with zero attached hydrogens (tertiary/aromatic N) is 1. The largest absolute Gasteiger partial charge is 0.484 e. The van der Waals surface area contributed by atoms with Gasteiger partial charge in [-0.05, 0) is 67.5 Å². The number of carbonyl (C=O) groups is 1. The van der Waals surface area contributed by atoms with Crippen LogP contribution in [0.15, 0.2) is 48.5 Å². The van der Waals surface area contributed by atoms with Crippen LogP contribution in [0.5, 0.6) is 5.75 Å². The molecule has 0 aromatic heterocycles. The van der Waals surface area contributed by atoms with Crippen LogP contribution >= 0.6 is 0 Å². The van der Waals surface area contributed by atoms with Crippen LogP contribution in [0.4, 0.5) is 5.69 Å². The van der Waals surface area contributed by atoms with Gasteiger partial charge in [-0.2, -0.15) is 0 Å². The molecule has 1 aliphatic heterocycles. The van der Waals surface area contributed by atoms with Gasteiger partial charge in [-0.3, -0.25) is 4.79 Å². The highest BCUT2D eigenvalue weighted by molar-refractivity contribution is 5.78. The summed E-state index contributed by atoms with van der Waals surface area (Å²) in [6, 6.07) is 16.4. The van der Waals surface area contributed by atoms with Crippen LogP contribution in [0.3, 0.4) is 0 Å². The molecule has 1 aliphatic rings. The molecule has 0 spiro atoms. The van der Waals surface area contributed by atoms with Gasteiger partial charge in [-0.15, -0.1) is 0 Å². The van der Waals surface area contributed by atoms with Crippen molar-refractivity contribution >= 4 is 11.6 Å². The fourth-order valence-electron chi connectivity index (χ4n) is 3.58. The Balaban J connectivity index is 1.48. The van der Waals surface area contributed by atoms with Crippen molar-refractivity contribution in [1.29, 1.82) is 0 Å². The van der Waals surface area contributed by atoms with E-state index in [0.717, 1.165) is 36.7 Å². The lowest BCUT2D eigenvalue weighted by Crippen LogP contribution is -2.33. The molecule has 2 aromatic rings. The fourth-order valence-corrected chi connectivity index (χ4v) is 3.58. The first-order valence-corrected chi connectivity index (χ1v) is 10.4. The summed E-state index contributed by atoms with van der Waals surface area (Å²) in [5.41, 5.74) is 3.63. The third-order valence-corrected chi connectivity index (χ3v) is 5.62. The molecule has 1 atom stereocenters. The van der Waals surface area contributed by atoms with Crippen LogP contribution in [0.25, 0.3) is 0 Å². The van der Waals surface area contributed by atoms with Crippen molar-refractivity contribution in [3.8, 4) is 5.75 Å². The molecule has 2 aromatic carbocycles. The van der Waals surface area contributed by atoms with Gasteiger partial charge in [-0.1, -0.05) is 38.1 Å². The number of rotatable bonds is 7. The van der Waals surface area contributed by atoms with Gasteiger partial charge < -0.3 is 15.0 Å². The number of benzene rings is 2. The van der Waals surface area contributed by atoms with Gasteiger partial charge in [0, 0.05) is 18.8 Å². The predicted octanol–water partition coefficient (Wildman–Crippen LogP) is 4.74. The smallest absolute Gasteiger partial charge is 0.258 e. The molecular formula is C24H32N2O2. The average Bonchev–Trinajstić information content (AvgIpc) is 2.73. The fraction of sp³-hybridized carbons (Fsp3) is 0.458. The summed E-state index contributed by atoms with van der Waals surface area (Å²) in [4.78, 5) is 14.7. The van der Waals surface area contributed by atoms with Crippen molar-refractivity contribution < 1.29 is 9.53 Å². The number of ether oxygens (including phenoxy) is 1. The lowest BCUT2D eigenvalue weighted by Gasteiger charge is -2.32. The quantitative estimate of drug-likeness (QED) is 0.754. The highest BCUT2D eigenvalue weighted by Crippen LogP contribution is 2.24. The first-order valence-electron chi connectivity index (χ1n) is 10.4. The number of amides is 1. The van der Waals surface area contributed by atoms with E-state index in [0.29, 0.717) is 0 Å². The lowest BCUT2D eigenvalue weighted by atomic mass is 9.98. The molecule has 0 radical (unpaired) electrons. The van der Waals surface area contributed by atoms with E-state index in [9.17, 15) is 4.79 Å². The highest BCUT2D eigenvalue weighted by atomic mass is 16.5. The minimum atomic E-state index is -0.110. The summed E-state index contributed by atoms with van der Waals surface area (Å²) in [6.45, 7) is 8.73. The molecule has 1 heterocycles. The molecule has 0 unspecified atom stereocenters. The maximum absolute atomic E-state index is 12.2. The van der Waals surface area contributed by atoms with Gasteiger partial charge in [0.25, 0.3) is 5.91 Å². The van der Waals surface area contributed by atoms with E-state index >= 15 is 0 Å². The molecule has 150 valence electrons. The average molecular weight is 381 g/mol. The van der Waals surface area contributed by atoms with Crippen molar-refractivity contribution in [3.63, 3.8) is 0 Å². The van der Waals surface area contributed by atoms with Gasteiger partial charge >= 0.3 is 0 Å². The number of nitrogens with one attached hydrogen (secondary N) is 1. The maximum Gasteiger partial charge on any atom is 0.258 e. The Kier molecular flexibility index (Phi) is 6.96. The normalized spacial score (nSPS) is 15.9. The molecule has 1 saturated heterocycles. The standard InChI is InChI=1S/C24H32N2O2/c1-4-20-5-11-23(12-6-20)28-17-24(27)25-19(3)21-7-9-22(10-8-21)26-15-13-18(2)14-16-26/h5-12,18-19H,4,13-17H2,1-3H3,(H,25,27)/t19-/m0/s1. The number of piperidine rings is 1. The maximum atomic E-state index is 12.2. The van der Waals surface area contributed by atoms with E-state index in [1.165, 1.54) is 24.1 Å². The molecule has 1 N–H and O–H groups in total. The molecule has 0 saturated carbocycles. The van der Waals surface area contributed by atoms with Crippen molar-refractivity contribution in [2.75, 3.05) is 24.6 Å². The number of hydrogen-bond acceptors (Lipinski definition) is 3. The summed E-state index contributed by atoms with van der Waals surface area (Å²) in [5, 5.41) is 3.02. The number of hydrogen-bond donors (Lipinski definition) is 1. The van der Waals surface area contributed by atoms with Crippen molar-refractivity contribution in [1.82, 2.24) is 5.32 Å². The van der Waals surface area contributed by atoms with E-state index in [4.69, 9.17) is 4.74 Å². The third kappa shape index (κ3) is 5.51. The van der Waals surface area contributed by atoms with Crippen LogP contribution in [-0.2, 0) is 11.2 Å². The van der Waals surface area contributed by atoms with Crippen LogP contribution in [-0.4, -0.2) is 25.6 Å². The summed E-state index contributed by atoms with van der Waals surface area (Å²) in [5.74, 6) is 1.44. The Hall–Kier alpha value is -2.49. The second kappa shape index (κ2) is 9.63. The zero-order valence-electron chi connectivity index (χ0n) is 17.3. The minimum absolute atomic E-state index is 0.0276. The molecule has 28 heavy (non-hydrogen) atoms. The first kappa shape index (κ1) is 20.2. The Morgan fingerprint density at radius 3 is 2.36 bits per heavy atom. The third-order valence-electron chi connectivity index (χ3n) is 5.62. The van der Waals surface area contributed by atoms with Crippen LogP contribution in [0, 0.1) is 5.92 Å². The molecular weight excluding hydrogens is 348 g/mol. The zero-order valence-corrected chi connectivity index (χ0v) is 17.3. The van der Waals surface area contributed by atoms with Gasteiger partial charge in [0.2, 0.25) is 0 Å². The van der Waals surface area contributed by atoms with E-state index in [-0.39, 0.29) is 18.6 Å². The van der Waals surface area contributed by atoms with E-state index < -0.39 is 0 Å². The topological polar surface area (TPSA) is 41.6 Å². The molecule has 0 aliphatic carbocycles. The predicted molar refractivity (Wildman–Crippen MR) is 115 cm³/mol. The molecule has 4 heteroatoms. The molecule has 4 nitrogen and oxygen atoms in total. The molecule has 1 amide bonds. The SMILES string of the molecule is CCc1ccc(OCC(=O)N[C@@H](C)c2ccc(N3CCC(C)CC3)cc2)cc1. The minimum Gasteiger partial charge on any atom is -0.484 e. The zero-order chi connectivity index (χ0) is 19.9. The van der Waals surface area contributed by atoms with Crippen LogP contribution in [0.1, 0.15) is 50.8 Å². The summed E-state index contributed by atoms with van der Waals surface area (Å²) >= 11 is 0. The van der Waals surface area contributed by atoms with E-state index in [1.54, 1.807) is 0 Å². The Labute approximate surface area is 168 Å². The summed E-state index contributed by atoms with van der Waals surface area (Å²) in [6.07, 6.45) is 3.51. The molecule has 0 bridgehead atoms. The van der Waals surface area contributed by atoms with Crippen LogP contribution < -0.4 is 15.0 Å². The number of anilines is 1. The summed E-state index contributed by atoms with van der Waals surface area (Å²) in [7, 11) is 0. The Morgan fingerprint density at radius 1 is 1.11 bits per heavy atom. The van der Waals surface area contributed by atoms with Crippen molar-refractivity contribution in [2.24, 2.45) is 5.92 Å². The Morgan fingerprint density at radius 2 is 1.75 bits per heavy atom. The lowest BCUT2D eigenvalue weighted by molar-refractivity contribution is -0.123. The van der Waals surface area contributed by atoms with Gasteiger partial charge in [-0.25, -0.2) is 0 Å². The molecule has 3 rings (SSSR count). The highest BCUT2D eigenvalue weighted by Gasteiger charge is 2.16. The first-order chi connectivity index (χ1) is 13.5. The van der Waals surface area contributed by atoms with Crippen molar-refractivity contribution in [3.05, 3.63) is 59.7 Å². The Bertz CT molecular complexity index is 747. The van der Waals surface area contributed by atoms with Crippen molar-refractivity contribution in [2.45, 2.75) is 46.1 Å². The van der Waals surface area contributed by atoms with E-state index in [1.807, 2.05) is 31.2 Å². The van der Waals surface area contributed by atoms with Crippen LogP contribution in [0.2, 0.25) is 0 Å². The van der Waals surface area contributed by atoms with Gasteiger partial charge in [0.15, 0.2) is 6.61 Å². The number of carbonyl (C=O) groups excluding carboxylic acids is 1. The van der Waals surface area contributed by atoms with Gasteiger partial charge in [0.1, 0.15) is 5.75 Å².